The molecule has 0 amide bonds. The van der Waals surface area contributed by atoms with E-state index in [9.17, 15) is 22.4 Å². The summed E-state index contributed by atoms with van der Waals surface area (Å²) in [5.41, 5.74) is 0. The molecule has 112 valence electrons. The second kappa shape index (κ2) is 6.51. The lowest BCUT2D eigenvalue weighted by Gasteiger charge is -2.25. The molecule has 0 aromatic carbocycles. The lowest BCUT2D eigenvalue weighted by Crippen LogP contribution is -2.47. The molecule has 0 saturated carbocycles. The van der Waals surface area contributed by atoms with E-state index in [1.165, 1.54) is 7.11 Å². The molecule has 1 fully saturated rings. The van der Waals surface area contributed by atoms with Gasteiger partial charge in [-0.3, -0.25) is 4.79 Å². The molecule has 1 heterocycles. The molecule has 0 unspecified atom stereocenters. The van der Waals surface area contributed by atoms with Crippen LogP contribution in [0.3, 0.4) is 0 Å². The molecular formula is C11H16F4O4. The van der Waals surface area contributed by atoms with Crippen LogP contribution < -0.4 is 0 Å². The molecule has 0 aromatic heterocycles. The van der Waals surface area contributed by atoms with E-state index >= 15 is 0 Å². The lowest BCUT2D eigenvalue weighted by molar-refractivity contribution is -0.250. The van der Waals surface area contributed by atoms with Crippen LogP contribution in [0.5, 0.6) is 0 Å². The normalized spacial score (nSPS) is 25.3. The maximum absolute atomic E-state index is 13.1. The van der Waals surface area contributed by atoms with Gasteiger partial charge in [0.2, 0.25) is 0 Å². The molecule has 4 nitrogen and oxygen atoms in total. The predicted molar refractivity (Wildman–Crippen MR) is 56.3 cm³/mol. The van der Waals surface area contributed by atoms with Crippen LogP contribution >= 0.6 is 0 Å². The minimum Gasteiger partial charge on any atom is -0.469 e. The third-order valence-corrected chi connectivity index (χ3v) is 2.86. The summed E-state index contributed by atoms with van der Waals surface area (Å²) in [4.78, 5) is 11.3. The minimum absolute atomic E-state index is 0.123. The summed E-state index contributed by atoms with van der Waals surface area (Å²) in [5.74, 6) is -9.73. The van der Waals surface area contributed by atoms with Gasteiger partial charge in [-0.2, -0.15) is 17.6 Å². The highest BCUT2D eigenvalue weighted by atomic mass is 19.3. The van der Waals surface area contributed by atoms with Crippen molar-refractivity contribution in [1.29, 1.82) is 0 Å². The fourth-order valence-electron chi connectivity index (χ4n) is 1.61. The first kappa shape index (κ1) is 16.2. The summed E-state index contributed by atoms with van der Waals surface area (Å²) >= 11 is 0. The summed E-state index contributed by atoms with van der Waals surface area (Å²) in [6.45, 7) is -3.24. The van der Waals surface area contributed by atoms with Crippen LogP contribution in [0.15, 0.2) is 0 Å². The highest BCUT2D eigenvalue weighted by Gasteiger charge is 2.56. The highest BCUT2D eigenvalue weighted by Crippen LogP contribution is 2.35. The molecule has 0 aromatic rings. The van der Waals surface area contributed by atoms with Gasteiger partial charge in [-0.05, 0) is 12.8 Å². The van der Waals surface area contributed by atoms with E-state index in [1.807, 2.05) is 0 Å². The average Bonchev–Trinajstić information content (AvgIpc) is 2.36. The number of methoxy groups -OCH3 is 1. The maximum atomic E-state index is 13.1. The fourth-order valence-corrected chi connectivity index (χ4v) is 1.61. The fraction of sp³-hybridized carbons (Fsp3) is 0.909. The molecule has 8 heteroatoms. The van der Waals surface area contributed by atoms with Crippen LogP contribution in [0.4, 0.5) is 17.6 Å². The Morgan fingerprint density at radius 3 is 1.84 bits per heavy atom. The summed E-state index contributed by atoms with van der Waals surface area (Å²) in [7, 11) is 1.19. The number of rotatable bonds is 1. The number of hydrogen-bond donors (Lipinski definition) is 0. The zero-order chi connectivity index (χ0) is 14.5. The monoisotopic (exact) mass is 288 g/mol. The van der Waals surface area contributed by atoms with Crippen molar-refractivity contribution in [2.75, 3.05) is 33.5 Å². The third-order valence-electron chi connectivity index (χ3n) is 2.86. The number of carbonyl (C=O) groups is 1. The van der Waals surface area contributed by atoms with Gasteiger partial charge in [0.25, 0.3) is 0 Å². The van der Waals surface area contributed by atoms with E-state index < -0.39 is 36.9 Å². The molecule has 0 N–H and O–H groups in total. The first-order valence-electron chi connectivity index (χ1n) is 5.79. The quantitative estimate of drug-likeness (QED) is 0.546. The number of ether oxygens (including phenoxy) is 3. The van der Waals surface area contributed by atoms with Crippen molar-refractivity contribution in [2.24, 2.45) is 5.92 Å². The van der Waals surface area contributed by atoms with Crippen molar-refractivity contribution in [3.63, 3.8) is 0 Å². The standard InChI is InChI=1S/C11H16F4O4/c1-17-9(16)8-2-4-18-6-10(12,13)11(14,15)7-19-5-3-8/h8H,2-7H2,1H3. The first-order chi connectivity index (χ1) is 8.80. The van der Waals surface area contributed by atoms with Gasteiger partial charge < -0.3 is 14.2 Å². The Labute approximate surface area is 108 Å². The van der Waals surface area contributed by atoms with Crippen molar-refractivity contribution in [1.82, 2.24) is 0 Å². The van der Waals surface area contributed by atoms with E-state index in [-0.39, 0.29) is 26.1 Å². The van der Waals surface area contributed by atoms with Crippen molar-refractivity contribution >= 4 is 5.97 Å². The van der Waals surface area contributed by atoms with E-state index in [4.69, 9.17) is 0 Å². The molecule has 1 saturated heterocycles. The lowest BCUT2D eigenvalue weighted by atomic mass is 10.0. The SMILES string of the molecule is COC(=O)C1CCOCC(F)(F)C(F)(F)COCC1. The summed E-state index contributed by atoms with van der Waals surface area (Å²) in [6, 6.07) is 0. The topological polar surface area (TPSA) is 44.8 Å². The van der Waals surface area contributed by atoms with Gasteiger partial charge in [0.15, 0.2) is 0 Å². The second-order valence-corrected chi connectivity index (χ2v) is 4.31. The number of alkyl halides is 4. The predicted octanol–water partition coefficient (Wildman–Crippen LogP) is 1.87. The number of halogens is 4. The largest absolute Gasteiger partial charge is 0.469 e. The Balaban J connectivity index is 2.67. The Hall–Kier alpha value is -0.890. The van der Waals surface area contributed by atoms with Crippen molar-refractivity contribution in [3.8, 4) is 0 Å². The molecule has 19 heavy (non-hydrogen) atoms. The number of hydrogen-bond acceptors (Lipinski definition) is 4. The summed E-state index contributed by atoms with van der Waals surface area (Å²) < 4.78 is 66.2. The van der Waals surface area contributed by atoms with Crippen LogP contribution in [0, 0.1) is 5.92 Å². The van der Waals surface area contributed by atoms with E-state index in [0.29, 0.717) is 0 Å². The Bertz CT molecular complexity index is 287. The zero-order valence-electron chi connectivity index (χ0n) is 10.5. The molecule has 0 radical (unpaired) electrons. The maximum Gasteiger partial charge on any atom is 0.335 e. The van der Waals surface area contributed by atoms with Gasteiger partial charge >= 0.3 is 17.8 Å². The second-order valence-electron chi connectivity index (χ2n) is 4.31. The summed E-state index contributed by atoms with van der Waals surface area (Å²) in [6.07, 6.45) is 0.245. The van der Waals surface area contributed by atoms with Crippen molar-refractivity contribution in [3.05, 3.63) is 0 Å². The van der Waals surface area contributed by atoms with E-state index in [0.717, 1.165) is 0 Å². The van der Waals surface area contributed by atoms with Gasteiger partial charge in [0.05, 0.1) is 13.0 Å². The molecule has 0 spiro atoms. The van der Waals surface area contributed by atoms with Crippen molar-refractivity contribution < 1.29 is 36.6 Å². The molecular weight excluding hydrogens is 272 g/mol. The third kappa shape index (κ3) is 4.31. The Kier molecular flexibility index (Phi) is 5.54. The average molecular weight is 288 g/mol. The van der Waals surface area contributed by atoms with Gasteiger partial charge in [0.1, 0.15) is 13.2 Å². The van der Waals surface area contributed by atoms with E-state index in [2.05, 4.69) is 14.2 Å². The van der Waals surface area contributed by atoms with Gasteiger partial charge in [-0.25, -0.2) is 0 Å². The molecule has 0 bridgehead atoms. The first-order valence-corrected chi connectivity index (χ1v) is 5.79. The molecule has 0 aliphatic carbocycles. The van der Waals surface area contributed by atoms with Gasteiger partial charge in [0, 0.05) is 13.2 Å². The molecule has 1 aliphatic rings. The van der Waals surface area contributed by atoms with Crippen LogP contribution in [-0.4, -0.2) is 51.4 Å². The zero-order valence-corrected chi connectivity index (χ0v) is 10.5. The number of esters is 1. The van der Waals surface area contributed by atoms with Gasteiger partial charge in [-0.15, -0.1) is 0 Å². The molecule has 1 rings (SSSR count). The van der Waals surface area contributed by atoms with Crippen LogP contribution in [0.2, 0.25) is 0 Å². The van der Waals surface area contributed by atoms with Crippen LogP contribution in [0.1, 0.15) is 12.8 Å². The van der Waals surface area contributed by atoms with Crippen LogP contribution in [0.25, 0.3) is 0 Å². The summed E-state index contributed by atoms with van der Waals surface area (Å²) in [5, 5.41) is 0. The van der Waals surface area contributed by atoms with Crippen molar-refractivity contribution in [2.45, 2.75) is 24.7 Å². The Morgan fingerprint density at radius 2 is 1.47 bits per heavy atom. The highest BCUT2D eigenvalue weighted by molar-refractivity contribution is 5.72. The molecule has 1 aliphatic heterocycles. The van der Waals surface area contributed by atoms with E-state index in [1.54, 1.807) is 0 Å². The Morgan fingerprint density at radius 1 is 1.05 bits per heavy atom. The smallest absolute Gasteiger partial charge is 0.335 e. The van der Waals surface area contributed by atoms with Crippen LogP contribution in [-0.2, 0) is 19.0 Å². The van der Waals surface area contributed by atoms with Gasteiger partial charge in [-0.1, -0.05) is 0 Å². The minimum atomic E-state index is -4.29. The molecule has 0 atom stereocenters. The number of carbonyl (C=O) groups excluding carboxylic acids is 1.